The number of hydrogen-bond acceptors (Lipinski definition) is 7. The summed E-state index contributed by atoms with van der Waals surface area (Å²) in [6, 6.07) is 15.2. The first-order chi connectivity index (χ1) is 17.5. The van der Waals surface area contributed by atoms with Crippen LogP contribution in [0.15, 0.2) is 61.1 Å². The van der Waals surface area contributed by atoms with Crippen LogP contribution in [0.3, 0.4) is 0 Å². The molecule has 2 fully saturated rings. The van der Waals surface area contributed by atoms with Gasteiger partial charge in [-0.15, -0.1) is 0 Å². The van der Waals surface area contributed by atoms with Crippen molar-refractivity contribution in [2.45, 2.75) is 25.4 Å². The van der Waals surface area contributed by atoms with E-state index in [9.17, 15) is 9.11 Å². The van der Waals surface area contributed by atoms with Gasteiger partial charge in [-0.2, -0.15) is 15.7 Å². The number of nitrogens with one attached hydrogen (secondary N) is 1. The van der Waals surface area contributed by atoms with Gasteiger partial charge < -0.3 is 5.32 Å². The molecule has 0 atom stereocenters. The van der Waals surface area contributed by atoms with Gasteiger partial charge in [0.25, 0.3) is 0 Å². The van der Waals surface area contributed by atoms with Crippen molar-refractivity contribution in [2.24, 2.45) is 0 Å². The SMILES string of the molecule is OS1(O)CCN(Cc2ccc(-c3cccc4ncc(-c5cnn(C6CCNCC6)c5)nc34)cc2)CC1. The molecule has 0 saturated carbocycles. The summed E-state index contributed by atoms with van der Waals surface area (Å²) in [5, 5.41) is 8.04. The van der Waals surface area contributed by atoms with E-state index in [-0.39, 0.29) is 0 Å². The monoisotopic (exact) mass is 504 g/mol. The van der Waals surface area contributed by atoms with Crippen molar-refractivity contribution < 1.29 is 9.11 Å². The van der Waals surface area contributed by atoms with Crippen LogP contribution in [0.4, 0.5) is 0 Å². The third kappa shape index (κ3) is 5.02. The summed E-state index contributed by atoms with van der Waals surface area (Å²) in [7, 11) is -2.36. The van der Waals surface area contributed by atoms with Crippen LogP contribution in [0.5, 0.6) is 0 Å². The molecule has 2 aromatic heterocycles. The largest absolute Gasteiger partial charge is 0.317 e. The zero-order valence-corrected chi connectivity index (χ0v) is 21.1. The molecule has 0 aliphatic carbocycles. The molecule has 0 radical (unpaired) electrons. The lowest BCUT2D eigenvalue weighted by Crippen LogP contribution is -2.37. The van der Waals surface area contributed by atoms with Crippen LogP contribution in [-0.4, -0.2) is 71.4 Å². The van der Waals surface area contributed by atoms with Crippen molar-refractivity contribution in [3.63, 3.8) is 0 Å². The molecular formula is C27H32N6O2S. The summed E-state index contributed by atoms with van der Waals surface area (Å²) in [4.78, 5) is 12.0. The van der Waals surface area contributed by atoms with Crippen LogP contribution in [-0.2, 0) is 6.54 Å². The molecule has 188 valence electrons. The van der Waals surface area contributed by atoms with E-state index >= 15 is 0 Å². The van der Waals surface area contributed by atoms with E-state index in [4.69, 9.17) is 9.97 Å². The number of rotatable bonds is 5. The Balaban J connectivity index is 1.24. The molecule has 4 heterocycles. The normalized spacial score (nSPS) is 19.9. The zero-order chi connectivity index (χ0) is 24.5. The lowest BCUT2D eigenvalue weighted by molar-refractivity contribution is 0.278. The Kier molecular flexibility index (Phi) is 6.49. The van der Waals surface area contributed by atoms with E-state index in [2.05, 4.69) is 56.5 Å². The molecule has 2 aliphatic rings. The number of benzene rings is 2. The summed E-state index contributed by atoms with van der Waals surface area (Å²) in [6.45, 7) is 4.32. The van der Waals surface area contributed by atoms with Crippen molar-refractivity contribution in [3.05, 3.63) is 66.6 Å². The Morgan fingerprint density at radius 2 is 1.72 bits per heavy atom. The highest BCUT2D eigenvalue weighted by atomic mass is 32.3. The van der Waals surface area contributed by atoms with Crippen molar-refractivity contribution >= 4 is 21.6 Å². The minimum atomic E-state index is -2.36. The summed E-state index contributed by atoms with van der Waals surface area (Å²) >= 11 is 0. The minimum absolute atomic E-state index is 0.434. The third-order valence-electron chi connectivity index (χ3n) is 7.29. The Labute approximate surface area is 212 Å². The van der Waals surface area contributed by atoms with Gasteiger partial charge in [0, 0.05) is 37.0 Å². The summed E-state index contributed by atoms with van der Waals surface area (Å²) < 4.78 is 21.8. The molecule has 2 aliphatic heterocycles. The van der Waals surface area contributed by atoms with Gasteiger partial charge in [0.1, 0.15) is 0 Å². The first-order valence-electron chi connectivity index (χ1n) is 12.6. The van der Waals surface area contributed by atoms with Crippen LogP contribution in [0.1, 0.15) is 24.4 Å². The number of piperidine rings is 1. The maximum atomic E-state index is 9.85. The van der Waals surface area contributed by atoms with Crippen LogP contribution >= 0.6 is 10.6 Å². The molecule has 2 saturated heterocycles. The summed E-state index contributed by atoms with van der Waals surface area (Å²) in [5.41, 5.74) is 6.97. The lowest BCUT2D eigenvalue weighted by atomic mass is 10.0. The first kappa shape index (κ1) is 23.6. The van der Waals surface area contributed by atoms with E-state index in [1.54, 1.807) is 0 Å². The van der Waals surface area contributed by atoms with Crippen molar-refractivity contribution in [1.29, 1.82) is 0 Å². The second-order valence-corrected chi connectivity index (χ2v) is 12.2. The standard InChI is InChI=1S/C27H32N6O2S/c34-36(35)14-12-32(13-15-36)18-20-4-6-21(7-5-20)24-2-1-3-25-27(24)31-26(17-29-25)22-16-30-33(19-22)23-8-10-28-11-9-23/h1-7,16-17,19,23,28,34-35H,8-15,18H2. The van der Waals surface area contributed by atoms with Crippen LogP contribution in [0.25, 0.3) is 33.4 Å². The smallest absolute Gasteiger partial charge is 0.0972 e. The van der Waals surface area contributed by atoms with Gasteiger partial charge in [0.05, 0.1) is 46.7 Å². The Morgan fingerprint density at radius 3 is 2.50 bits per heavy atom. The molecule has 4 aromatic rings. The molecule has 3 N–H and O–H groups in total. The first-order valence-corrected chi connectivity index (χ1v) is 14.5. The fraction of sp³-hybridized carbons (Fsp3) is 0.370. The lowest BCUT2D eigenvalue weighted by Gasteiger charge is -2.41. The maximum absolute atomic E-state index is 9.85. The van der Waals surface area contributed by atoms with E-state index in [0.29, 0.717) is 17.5 Å². The summed E-state index contributed by atoms with van der Waals surface area (Å²) in [5.74, 6) is 0.942. The average Bonchev–Trinajstić information content (AvgIpc) is 3.41. The van der Waals surface area contributed by atoms with Gasteiger partial charge in [-0.25, -0.2) is 4.98 Å². The number of para-hydroxylation sites is 1. The molecule has 8 nitrogen and oxygen atoms in total. The quantitative estimate of drug-likeness (QED) is 0.364. The molecule has 36 heavy (non-hydrogen) atoms. The van der Waals surface area contributed by atoms with Crippen molar-refractivity contribution in [2.75, 3.05) is 37.7 Å². The Bertz CT molecular complexity index is 1340. The molecule has 2 aromatic carbocycles. The predicted molar refractivity (Wildman–Crippen MR) is 145 cm³/mol. The van der Waals surface area contributed by atoms with Crippen LogP contribution in [0, 0.1) is 0 Å². The molecule has 6 rings (SSSR count). The second kappa shape index (κ2) is 9.91. The van der Waals surface area contributed by atoms with Crippen LogP contribution in [0.2, 0.25) is 0 Å². The fourth-order valence-corrected chi connectivity index (χ4v) is 6.42. The van der Waals surface area contributed by atoms with Gasteiger partial charge in [-0.1, -0.05) is 36.4 Å². The van der Waals surface area contributed by atoms with E-state index in [0.717, 1.165) is 79.0 Å². The van der Waals surface area contributed by atoms with Gasteiger partial charge in [0.15, 0.2) is 0 Å². The minimum Gasteiger partial charge on any atom is -0.317 e. The van der Waals surface area contributed by atoms with E-state index in [1.165, 1.54) is 5.56 Å². The third-order valence-corrected chi connectivity index (χ3v) is 8.97. The molecule has 0 spiro atoms. The molecule has 0 bridgehead atoms. The van der Waals surface area contributed by atoms with Gasteiger partial charge in [-0.3, -0.25) is 23.7 Å². The number of hydrogen-bond donors (Lipinski definition) is 3. The van der Waals surface area contributed by atoms with Crippen LogP contribution < -0.4 is 5.32 Å². The molecule has 0 amide bonds. The number of nitrogens with zero attached hydrogens (tertiary/aromatic N) is 5. The molecule has 0 unspecified atom stereocenters. The van der Waals surface area contributed by atoms with Gasteiger partial charge >= 0.3 is 0 Å². The summed E-state index contributed by atoms with van der Waals surface area (Å²) in [6.07, 6.45) is 8.02. The number of fused-ring (bicyclic) bond motifs is 1. The zero-order valence-electron chi connectivity index (χ0n) is 20.3. The maximum Gasteiger partial charge on any atom is 0.0972 e. The highest BCUT2D eigenvalue weighted by Crippen LogP contribution is 2.40. The second-order valence-electron chi connectivity index (χ2n) is 9.80. The Hall–Kier alpha value is -2.82. The number of aromatic nitrogens is 4. The van der Waals surface area contributed by atoms with Gasteiger partial charge in [0.2, 0.25) is 0 Å². The average molecular weight is 505 g/mol. The Morgan fingerprint density at radius 1 is 0.944 bits per heavy atom. The topological polar surface area (TPSA) is 99.3 Å². The van der Waals surface area contributed by atoms with E-state index in [1.807, 2.05) is 24.5 Å². The molecule has 9 heteroatoms. The van der Waals surface area contributed by atoms with Crippen molar-refractivity contribution in [3.8, 4) is 22.4 Å². The van der Waals surface area contributed by atoms with Gasteiger partial charge in [-0.05, 0) is 43.1 Å². The fourth-order valence-electron chi connectivity index (χ4n) is 5.12. The highest BCUT2D eigenvalue weighted by molar-refractivity contribution is 8.24. The highest BCUT2D eigenvalue weighted by Gasteiger charge is 2.22. The van der Waals surface area contributed by atoms with Crippen molar-refractivity contribution in [1.82, 2.24) is 30.0 Å². The predicted octanol–water partition coefficient (Wildman–Crippen LogP) is 4.65. The molecular weight excluding hydrogens is 472 g/mol. The van der Waals surface area contributed by atoms with E-state index < -0.39 is 10.6 Å².